The average Bonchev–Trinajstić information content (AvgIpc) is 3.30. The quantitative estimate of drug-likeness (QED) is 0.437. The van der Waals surface area contributed by atoms with Crippen molar-refractivity contribution in [2.24, 2.45) is 0 Å². The summed E-state index contributed by atoms with van der Waals surface area (Å²) in [5.74, 6) is 1.19. The van der Waals surface area contributed by atoms with Crippen molar-refractivity contribution < 1.29 is 22.4 Å². The molecule has 1 aliphatic heterocycles. The van der Waals surface area contributed by atoms with Crippen LogP contribution in [0.3, 0.4) is 0 Å². The van der Waals surface area contributed by atoms with Crippen LogP contribution in [0.5, 0.6) is 5.75 Å². The summed E-state index contributed by atoms with van der Waals surface area (Å²) in [4.78, 5) is 14.0. The molecule has 0 N–H and O–H groups in total. The minimum atomic E-state index is -3.73. The number of fused-ring (bicyclic) bond motifs is 1. The van der Waals surface area contributed by atoms with E-state index >= 15 is 0 Å². The van der Waals surface area contributed by atoms with Crippen molar-refractivity contribution in [2.75, 3.05) is 20.6 Å². The van der Waals surface area contributed by atoms with Gasteiger partial charge in [-0.1, -0.05) is 44.2 Å². The number of amides is 1. The zero-order valence-corrected chi connectivity index (χ0v) is 22.3. The molecule has 1 unspecified atom stereocenters. The van der Waals surface area contributed by atoms with E-state index in [2.05, 4.69) is 13.0 Å². The van der Waals surface area contributed by atoms with Gasteiger partial charge in [0.25, 0.3) is 5.91 Å². The van der Waals surface area contributed by atoms with Gasteiger partial charge in [-0.05, 0) is 60.7 Å². The molecule has 3 aromatic rings. The van der Waals surface area contributed by atoms with Crippen LogP contribution in [0.1, 0.15) is 65.6 Å². The number of nitrogens with zero attached hydrogens (tertiary/aromatic N) is 2. The SMILES string of the molecule is CCC(c1ccc(C)c(CN2C[C@@H](CC)Oc3ccccc3S2(=O)=O)c1)c1ccc(C(=O)N(C)C)o1. The lowest BCUT2D eigenvalue weighted by Gasteiger charge is -2.24. The van der Waals surface area contributed by atoms with E-state index in [1.807, 2.05) is 32.0 Å². The molecule has 4 rings (SSSR count). The molecule has 1 amide bonds. The van der Waals surface area contributed by atoms with Gasteiger partial charge in [-0.3, -0.25) is 4.79 Å². The summed E-state index contributed by atoms with van der Waals surface area (Å²) < 4.78 is 40.7. The summed E-state index contributed by atoms with van der Waals surface area (Å²) in [5, 5.41) is 0. The van der Waals surface area contributed by atoms with E-state index in [9.17, 15) is 13.2 Å². The molecule has 0 bridgehead atoms. The van der Waals surface area contributed by atoms with Gasteiger partial charge in [-0.15, -0.1) is 0 Å². The highest BCUT2D eigenvalue weighted by Crippen LogP contribution is 2.34. The first kappa shape index (κ1) is 26.0. The van der Waals surface area contributed by atoms with E-state index in [4.69, 9.17) is 9.15 Å². The number of benzene rings is 2. The number of rotatable bonds is 7. The average molecular weight is 511 g/mol. The summed E-state index contributed by atoms with van der Waals surface area (Å²) in [6, 6.07) is 16.5. The molecule has 2 atom stereocenters. The van der Waals surface area contributed by atoms with Gasteiger partial charge in [-0.2, -0.15) is 4.31 Å². The predicted octanol–water partition coefficient (Wildman–Crippen LogP) is 5.19. The van der Waals surface area contributed by atoms with Gasteiger partial charge >= 0.3 is 0 Å². The maximum absolute atomic E-state index is 13.6. The Morgan fingerprint density at radius 1 is 1.11 bits per heavy atom. The van der Waals surface area contributed by atoms with E-state index in [1.54, 1.807) is 44.4 Å². The number of hydrogen-bond acceptors (Lipinski definition) is 5. The van der Waals surface area contributed by atoms with Crippen LogP contribution in [-0.4, -0.2) is 50.3 Å². The van der Waals surface area contributed by atoms with Gasteiger partial charge in [0.05, 0.1) is 6.54 Å². The summed E-state index contributed by atoms with van der Waals surface area (Å²) >= 11 is 0. The minimum absolute atomic E-state index is 0.0544. The Bertz CT molecular complexity index is 1350. The van der Waals surface area contributed by atoms with Crippen molar-refractivity contribution in [1.29, 1.82) is 0 Å². The third kappa shape index (κ3) is 5.06. The Morgan fingerprint density at radius 3 is 2.56 bits per heavy atom. The number of carbonyl (C=O) groups excluding carboxylic acids is 1. The maximum Gasteiger partial charge on any atom is 0.289 e. The lowest BCUT2D eigenvalue weighted by atomic mass is 9.91. The van der Waals surface area contributed by atoms with Crippen LogP contribution in [-0.2, 0) is 16.6 Å². The number of ether oxygens (including phenoxy) is 1. The third-order valence-electron chi connectivity index (χ3n) is 6.74. The van der Waals surface area contributed by atoms with Gasteiger partial charge in [0.15, 0.2) is 5.76 Å². The fourth-order valence-electron chi connectivity index (χ4n) is 4.55. The fourth-order valence-corrected chi connectivity index (χ4v) is 6.12. The highest BCUT2D eigenvalue weighted by atomic mass is 32.2. The van der Waals surface area contributed by atoms with Gasteiger partial charge < -0.3 is 14.1 Å². The van der Waals surface area contributed by atoms with Crippen LogP contribution in [0.4, 0.5) is 0 Å². The second-order valence-corrected chi connectivity index (χ2v) is 11.3. The highest BCUT2D eigenvalue weighted by molar-refractivity contribution is 7.89. The molecule has 192 valence electrons. The van der Waals surface area contributed by atoms with E-state index in [0.717, 1.165) is 23.1 Å². The lowest BCUT2D eigenvalue weighted by molar-refractivity contribution is 0.0794. The van der Waals surface area contributed by atoms with Gasteiger partial charge in [-0.25, -0.2) is 8.42 Å². The van der Waals surface area contributed by atoms with Crippen LogP contribution in [0.25, 0.3) is 0 Å². The molecule has 0 fully saturated rings. The third-order valence-corrected chi connectivity index (χ3v) is 8.59. The van der Waals surface area contributed by atoms with E-state index in [0.29, 0.717) is 23.7 Å². The summed E-state index contributed by atoms with van der Waals surface area (Å²) in [5.41, 5.74) is 2.96. The van der Waals surface area contributed by atoms with Crippen molar-refractivity contribution in [3.8, 4) is 5.75 Å². The van der Waals surface area contributed by atoms with Gasteiger partial charge in [0.2, 0.25) is 10.0 Å². The first-order valence-corrected chi connectivity index (χ1v) is 13.8. The molecule has 0 saturated heterocycles. The monoisotopic (exact) mass is 510 g/mol. The molecule has 0 saturated carbocycles. The Morgan fingerprint density at radius 2 is 1.86 bits per heavy atom. The second-order valence-electron chi connectivity index (χ2n) is 9.44. The molecule has 36 heavy (non-hydrogen) atoms. The zero-order valence-electron chi connectivity index (χ0n) is 21.5. The topological polar surface area (TPSA) is 80.1 Å². The molecule has 0 spiro atoms. The number of hydrogen-bond donors (Lipinski definition) is 0. The molecule has 8 heteroatoms. The van der Waals surface area contributed by atoms with Crippen molar-refractivity contribution >= 4 is 15.9 Å². The van der Waals surface area contributed by atoms with Crippen LogP contribution in [0.2, 0.25) is 0 Å². The van der Waals surface area contributed by atoms with Crippen molar-refractivity contribution in [1.82, 2.24) is 9.21 Å². The first-order valence-electron chi connectivity index (χ1n) is 12.3. The molecule has 7 nitrogen and oxygen atoms in total. The summed E-state index contributed by atoms with van der Waals surface area (Å²) in [6.07, 6.45) is 1.24. The minimum Gasteiger partial charge on any atom is -0.488 e. The molecule has 2 aromatic carbocycles. The molecule has 1 aromatic heterocycles. The number of sulfonamides is 1. The van der Waals surface area contributed by atoms with Crippen LogP contribution in [0.15, 0.2) is 63.9 Å². The molecule has 0 aliphatic carbocycles. The molecule has 0 radical (unpaired) electrons. The van der Waals surface area contributed by atoms with Crippen LogP contribution >= 0.6 is 0 Å². The smallest absolute Gasteiger partial charge is 0.289 e. The van der Waals surface area contributed by atoms with Gasteiger partial charge in [0.1, 0.15) is 22.5 Å². The Kier molecular flexibility index (Phi) is 7.57. The normalized spacial score (nSPS) is 18.1. The maximum atomic E-state index is 13.6. The van der Waals surface area contributed by atoms with Crippen molar-refractivity contribution in [3.63, 3.8) is 0 Å². The number of carbonyl (C=O) groups is 1. The molecule has 2 heterocycles. The van der Waals surface area contributed by atoms with E-state index in [1.165, 1.54) is 9.21 Å². The van der Waals surface area contributed by atoms with Crippen LogP contribution in [0, 0.1) is 6.92 Å². The van der Waals surface area contributed by atoms with E-state index in [-0.39, 0.29) is 35.9 Å². The van der Waals surface area contributed by atoms with Crippen molar-refractivity contribution in [2.45, 2.75) is 57.1 Å². The Balaban J connectivity index is 1.67. The largest absolute Gasteiger partial charge is 0.488 e. The summed E-state index contributed by atoms with van der Waals surface area (Å²) in [6.45, 7) is 6.59. The number of para-hydroxylation sites is 1. The summed E-state index contributed by atoms with van der Waals surface area (Å²) in [7, 11) is -0.351. The Labute approximate surface area is 213 Å². The molecule has 1 aliphatic rings. The molecular weight excluding hydrogens is 476 g/mol. The van der Waals surface area contributed by atoms with E-state index < -0.39 is 10.0 Å². The number of furan rings is 1. The fraction of sp³-hybridized carbons (Fsp3) is 0.393. The first-order chi connectivity index (χ1) is 17.1. The molecular formula is C28H34N2O5S. The van der Waals surface area contributed by atoms with Crippen molar-refractivity contribution in [3.05, 3.63) is 82.8 Å². The Hall–Kier alpha value is -3.10. The van der Waals surface area contributed by atoms with Crippen LogP contribution < -0.4 is 4.74 Å². The number of aryl methyl sites for hydroxylation is 1. The lowest BCUT2D eigenvalue weighted by Crippen LogP contribution is -2.36. The second kappa shape index (κ2) is 10.5. The van der Waals surface area contributed by atoms with Gasteiger partial charge in [0, 0.05) is 26.6 Å². The zero-order chi connectivity index (χ0) is 26.0. The predicted molar refractivity (Wildman–Crippen MR) is 139 cm³/mol. The standard InChI is InChI=1S/C28H34N2O5S/c1-6-22-18-30(36(32,33)27-11-9-8-10-25(27)34-22)17-21-16-20(13-12-19(21)3)23(7-2)24-14-15-26(35-24)28(31)29(4)5/h8-16,22-23H,6-7,17-18H2,1-5H3/t22-,23?/m1/s1. The highest BCUT2D eigenvalue weighted by Gasteiger charge is 2.34.